The van der Waals surface area contributed by atoms with E-state index in [1.165, 1.54) is 0 Å². The number of phenolic OH excluding ortho intramolecular Hbond substituents is 1. The van der Waals surface area contributed by atoms with Crippen LogP contribution in [-0.4, -0.2) is 31.2 Å². The minimum Gasteiger partial charge on any atom is -0.508 e. The molecule has 114 valence electrons. The van der Waals surface area contributed by atoms with Gasteiger partial charge in [0.1, 0.15) is 17.6 Å². The Morgan fingerprint density at radius 2 is 1.91 bits per heavy atom. The van der Waals surface area contributed by atoms with Gasteiger partial charge in [0.15, 0.2) is 11.5 Å². The summed E-state index contributed by atoms with van der Waals surface area (Å²) in [6, 6.07) is 7.54. The standard InChI is InChI=1S/C16H19N5O/c1-11(2)21-10-20-14-15(18-9-19-16(14)21)17-8-7-12-3-5-13(22)6-4-12/h3-6,9-11,22H,7-8H2,1-2H3,(H,17,18,19). The number of aromatic hydroxyl groups is 1. The Morgan fingerprint density at radius 1 is 1.14 bits per heavy atom. The largest absolute Gasteiger partial charge is 0.508 e. The molecular weight excluding hydrogens is 278 g/mol. The van der Waals surface area contributed by atoms with Gasteiger partial charge in [0.05, 0.1) is 6.33 Å². The Hall–Kier alpha value is -2.63. The summed E-state index contributed by atoms with van der Waals surface area (Å²) in [6.07, 6.45) is 4.21. The maximum atomic E-state index is 9.28. The van der Waals surface area contributed by atoms with Gasteiger partial charge in [0, 0.05) is 12.6 Å². The van der Waals surface area contributed by atoms with Crippen molar-refractivity contribution >= 4 is 17.0 Å². The summed E-state index contributed by atoms with van der Waals surface area (Å²) in [5.41, 5.74) is 2.79. The van der Waals surface area contributed by atoms with Crippen molar-refractivity contribution in [1.29, 1.82) is 0 Å². The highest BCUT2D eigenvalue weighted by atomic mass is 16.3. The van der Waals surface area contributed by atoms with Crippen LogP contribution in [0.5, 0.6) is 5.75 Å². The lowest BCUT2D eigenvalue weighted by Crippen LogP contribution is -2.07. The zero-order valence-corrected chi connectivity index (χ0v) is 12.7. The van der Waals surface area contributed by atoms with Crippen LogP contribution in [0.3, 0.4) is 0 Å². The van der Waals surface area contributed by atoms with E-state index in [0.717, 1.165) is 35.5 Å². The molecule has 0 unspecified atom stereocenters. The molecule has 2 aromatic heterocycles. The molecular formula is C16H19N5O. The zero-order chi connectivity index (χ0) is 15.5. The van der Waals surface area contributed by atoms with Crippen LogP contribution in [0.25, 0.3) is 11.2 Å². The summed E-state index contributed by atoms with van der Waals surface area (Å²) in [5.74, 6) is 1.04. The number of imidazole rings is 1. The number of anilines is 1. The number of nitrogens with zero attached hydrogens (tertiary/aromatic N) is 4. The second-order valence-corrected chi connectivity index (χ2v) is 5.48. The molecule has 22 heavy (non-hydrogen) atoms. The summed E-state index contributed by atoms with van der Waals surface area (Å²) >= 11 is 0. The molecule has 3 aromatic rings. The van der Waals surface area contributed by atoms with Crippen molar-refractivity contribution in [3.8, 4) is 5.75 Å². The van der Waals surface area contributed by atoms with Crippen molar-refractivity contribution in [3.63, 3.8) is 0 Å². The first kappa shape index (κ1) is 14.3. The van der Waals surface area contributed by atoms with Gasteiger partial charge in [-0.2, -0.15) is 0 Å². The average molecular weight is 297 g/mol. The minimum atomic E-state index is 0.286. The van der Waals surface area contributed by atoms with Crippen molar-refractivity contribution < 1.29 is 5.11 Å². The van der Waals surface area contributed by atoms with E-state index >= 15 is 0 Å². The number of aromatic nitrogens is 4. The molecule has 2 N–H and O–H groups in total. The zero-order valence-electron chi connectivity index (χ0n) is 12.7. The Kier molecular flexibility index (Phi) is 3.91. The van der Waals surface area contributed by atoms with Crippen LogP contribution in [0.1, 0.15) is 25.5 Å². The van der Waals surface area contributed by atoms with Gasteiger partial charge in [0.2, 0.25) is 0 Å². The third-order valence-electron chi connectivity index (χ3n) is 3.56. The molecule has 0 aliphatic heterocycles. The fraction of sp³-hybridized carbons (Fsp3) is 0.312. The van der Waals surface area contributed by atoms with Crippen molar-refractivity contribution in [1.82, 2.24) is 19.5 Å². The maximum absolute atomic E-state index is 9.28. The van der Waals surface area contributed by atoms with Crippen molar-refractivity contribution in [2.24, 2.45) is 0 Å². The monoisotopic (exact) mass is 297 g/mol. The van der Waals surface area contributed by atoms with Crippen LogP contribution in [-0.2, 0) is 6.42 Å². The molecule has 6 nitrogen and oxygen atoms in total. The first-order chi connectivity index (χ1) is 10.6. The van der Waals surface area contributed by atoms with Crippen molar-refractivity contribution in [2.45, 2.75) is 26.3 Å². The lowest BCUT2D eigenvalue weighted by molar-refractivity contribution is 0.475. The topological polar surface area (TPSA) is 75.9 Å². The van der Waals surface area contributed by atoms with Crippen LogP contribution in [0.4, 0.5) is 5.82 Å². The third kappa shape index (κ3) is 2.86. The first-order valence-electron chi connectivity index (χ1n) is 7.34. The third-order valence-corrected chi connectivity index (χ3v) is 3.56. The number of rotatable bonds is 5. The second kappa shape index (κ2) is 6.01. The summed E-state index contributed by atoms with van der Waals surface area (Å²) in [5, 5.41) is 12.6. The molecule has 0 atom stereocenters. The van der Waals surface area contributed by atoms with E-state index < -0.39 is 0 Å². The van der Waals surface area contributed by atoms with Gasteiger partial charge < -0.3 is 15.0 Å². The first-order valence-corrected chi connectivity index (χ1v) is 7.34. The molecule has 0 bridgehead atoms. The van der Waals surface area contributed by atoms with E-state index in [1.54, 1.807) is 24.8 Å². The van der Waals surface area contributed by atoms with Crippen LogP contribution in [0.15, 0.2) is 36.9 Å². The van der Waals surface area contributed by atoms with Gasteiger partial charge >= 0.3 is 0 Å². The molecule has 3 rings (SSSR count). The molecule has 0 spiro atoms. The fourth-order valence-electron chi connectivity index (χ4n) is 2.35. The number of nitrogens with one attached hydrogen (secondary N) is 1. The highest BCUT2D eigenvalue weighted by molar-refractivity contribution is 5.82. The predicted octanol–water partition coefficient (Wildman–Crippen LogP) is 2.77. The number of hydrogen-bond donors (Lipinski definition) is 2. The van der Waals surface area contributed by atoms with E-state index in [-0.39, 0.29) is 5.75 Å². The van der Waals surface area contributed by atoms with Gasteiger partial charge in [-0.25, -0.2) is 15.0 Å². The Morgan fingerprint density at radius 3 is 2.64 bits per heavy atom. The van der Waals surface area contributed by atoms with Gasteiger partial charge in [-0.1, -0.05) is 12.1 Å². The highest BCUT2D eigenvalue weighted by Crippen LogP contribution is 2.20. The smallest absolute Gasteiger partial charge is 0.165 e. The van der Waals surface area contributed by atoms with Gasteiger partial charge in [-0.15, -0.1) is 0 Å². The fourth-order valence-corrected chi connectivity index (χ4v) is 2.35. The van der Waals surface area contributed by atoms with E-state index in [0.29, 0.717) is 6.04 Å². The van der Waals surface area contributed by atoms with Crippen molar-refractivity contribution in [2.75, 3.05) is 11.9 Å². The quantitative estimate of drug-likeness (QED) is 0.757. The second-order valence-electron chi connectivity index (χ2n) is 5.48. The van der Waals surface area contributed by atoms with Crippen molar-refractivity contribution in [3.05, 3.63) is 42.5 Å². The summed E-state index contributed by atoms with van der Waals surface area (Å²) in [6.45, 7) is 4.94. The average Bonchev–Trinajstić information content (AvgIpc) is 2.94. The van der Waals surface area contributed by atoms with Crippen LogP contribution in [0.2, 0.25) is 0 Å². The molecule has 0 fully saturated rings. The number of benzene rings is 1. The van der Waals surface area contributed by atoms with E-state index in [4.69, 9.17) is 0 Å². The normalized spacial score (nSPS) is 11.2. The molecule has 0 saturated heterocycles. The maximum Gasteiger partial charge on any atom is 0.165 e. The van der Waals surface area contributed by atoms with Gasteiger partial charge in [0.25, 0.3) is 0 Å². The highest BCUT2D eigenvalue weighted by Gasteiger charge is 2.11. The predicted molar refractivity (Wildman–Crippen MR) is 86.0 cm³/mol. The Balaban J connectivity index is 1.72. The molecule has 0 aliphatic rings. The van der Waals surface area contributed by atoms with Crippen LogP contribution < -0.4 is 5.32 Å². The molecule has 0 saturated carbocycles. The van der Waals surface area contributed by atoms with E-state index in [1.807, 2.05) is 16.7 Å². The Bertz CT molecular complexity index is 764. The Labute approximate surface area is 128 Å². The lowest BCUT2D eigenvalue weighted by atomic mass is 10.1. The molecule has 0 radical (unpaired) electrons. The summed E-state index contributed by atoms with van der Waals surface area (Å²) < 4.78 is 2.03. The lowest BCUT2D eigenvalue weighted by Gasteiger charge is -2.08. The molecule has 0 amide bonds. The minimum absolute atomic E-state index is 0.286. The van der Waals surface area contributed by atoms with Gasteiger partial charge in [-0.3, -0.25) is 0 Å². The number of hydrogen-bond acceptors (Lipinski definition) is 5. The van der Waals surface area contributed by atoms with Gasteiger partial charge in [-0.05, 0) is 38.0 Å². The molecule has 0 aliphatic carbocycles. The number of fused-ring (bicyclic) bond motifs is 1. The van der Waals surface area contributed by atoms with Crippen LogP contribution >= 0.6 is 0 Å². The SMILES string of the molecule is CC(C)n1cnc2c(NCCc3ccc(O)cc3)ncnc21. The number of phenols is 1. The molecule has 6 heteroatoms. The van der Waals surface area contributed by atoms with E-state index in [9.17, 15) is 5.11 Å². The van der Waals surface area contributed by atoms with Crippen LogP contribution in [0, 0.1) is 0 Å². The summed E-state index contributed by atoms with van der Waals surface area (Å²) in [4.78, 5) is 13.0. The molecule has 1 aromatic carbocycles. The summed E-state index contributed by atoms with van der Waals surface area (Å²) in [7, 11) is 0. The molecule has 2 heterocycles. The van der Waals surface area contributed by atoms with E-state index in [2.05, 4.69) is 34.1 Å².